The SMILES string of the molecule is COC(=O)c1ccc([C@@H]2C(C#N)=C(N)Oc3ccccc32)cc1. The molecule has 0 aromatic heterocycles. The van der Waals surface area contributed by atoms with E-state index in [0.717, 1.165) is 11.1 Å². The van der Waals surface area contributed by atoms with Gasteiger partial charge in [0.15, 0.2) is 0 Å². The average molecular weight is 306 g/mol. The lowest BCUT2D eigenvalue weighted by Crippen LogP contribution is -2.21. The largest absolute Gasteiger partial charge is 0.465 e. The van der Waals surface area contributed by atoms with Crippen molar-refractivity contribution >= 4 is 5.97 Å². The minimum Gasteiger partial charge on any atom is -0.465 e. The van der Waals surface area contributed by atoms with E-state index in [1.165, 1.54) is 7.11 Å². The van der Waals surface area contributed by atoms with Crippen LogP contribution in [-0.4, -0.2) is 13.1 Å². The topological polar surface area (TPSA) is 85.3 Å². The third-order valence-electron chi connectivity index (χ3n) is 3.79. The van der Waals surface area contributed by atoms with E-state index in [1.54, 1.807) is 24.3 Å². The number of benzene rings is 2. The van der Waals surface area contributed by atoms with Gasteiger partial charge in [0.25, 0.3) is 0 Å². The molecule has 1 atom stereocenters. The quantitative estimate of drug-likeness (QED) is 0.862. The van der Waals surface area contributed by atoms with Crippen LogP contribution in [-0.2, 0) is 4.74 Å². The van der Waals surface area contributed by atoms with Gasteiger partial charge in [-0.25, -0.2) is 4.79 Å². The number of methoxy groups -OCH3 is 1. The first-order valence-corrected chi connectivity index (χ1v) is 7.00. The monoisotopic (exact) mass is 306 g/mol. The van der Waals surface area contributed by atoms with E-state index in [1.807, 2.05) is 24.3 Å². The van der Waals surface area contributed by atoms with Gasteiger partial charge < -0.3 is 15.2 Å². The van der Waals surface area contributed by atoms with E-state index in [9.17, 15) is 10.1 Å². The number of nitrogens with two attached hydrogens (primary N) is 1. The van der Waals surface area contributed by atoms with Gasteiger partial charge in [-0.2, -0.15) is 5.26 Å². The molecule has 0 aliphatic carbocycles. The number of rotatable bonds is 2. The predicted molar refractivity (Wildman–Crippen MR) is 83.5 cm³/mol. The highest BCUT2D eigenvalue weighted by molar-refractivity contribution is 5.89. The number of ether oxygens (including phenoxy) is 2. The third-order valence-corrected chi connectivity index (χ3v) is 3.79. The Morgan fingerprint density at radius 2 is 1.91 bits per heavy atom. The summed E-state index contributed by atoms with van der Waals surface area (Å²) in [6.07, 6.45) is 0. The fraction of sp³-hybridized carbons (Fsp3) is 0.111. The minimum absolute atomic E-state index is 0.105. The molecule has 1 aliphatic rings. The summed E-state index contributed by atoms with van der Waals surface area (Å²) in [5, 5.41) is 9.46. The van der Waals surface area contributed by atoms with Gasteiger partial charge >= 0.3 is 5.97 Å². The number of hydrogen-bond donors (Lipinski definition) is 1. The van der Waals surface area contributed by atoms with Crippen molar-refractivity contribution in [2.24, 2.45) is 5.73 Å². The number of para-hydroxylation sites is 1. The minimum atomic E-state index is -0.403. The highest BCUT2D eigenvalue weighted by Crippen LogP contribution is 2.41. The maximum Gasteiger partial charge on any atom is 0.337 e. The van der Waals surface area contributed by atoms with E-state index < -0.39 is 5.97 Å². The number of esters is 1. The molecule has 0 unspecified atom stereocenters. The Kier molecular flexibility index (Phi) is 3.73. The molecule has 23 heavy (non-hydrogen) atoms. The van der Waals surface area contributed by atoms with Gasteiger partial charge in [-0.1, -0.05) is 30.3 Å². The number of fused-ring (bicyclic) bond motifs is 1. The average Bonchev–Trinajstić information content (AvgIpc) is 2.60. The molecule has 114 valence electrons. The first-order valence-electron chi connectivity index (χ1n) is 7.00. The molecule has 0 amide bonds. The Morgan fingerprint density at radius 1 is 1.22 bits per heavy atom. The van der Waals surface area contributed by atoms with Crippen LogP contribution in [0.4, 0.5) is 0 Å². The Balaban J connectivity index is 2.10. The van der Waals surface area contributed by atoms with E-state index >= 15 is 0 Å². The van der Waals surface area contributed by atoms with Crippen molar-refractivity contribution in [2.75, 3.05) is 7.11 Å². The lowest BCUT2D eigenvalue weighted by atomic mass is 9.83. The van der Waals surface area contributed by atoms with Crippen molar-refractivity contribution in [1.29, 1.82) is 5.26 Å². The summed E-state index contributed by atoms with van der Waals surface area (Å²) in [5.74, 6) is 0.00965. The molecule has 2 N–H and O–H groups in total. The molecule has 0 saturated carbocycles. The maximum absolute atomic E-state index is 11.5. The highest BCUT2D eigenvalue weighted by atomic mass is 16.5. The standard InChI is InChI=1S/C18H14N2O3/c1-22-18(21)12-8-6-11(7-9-12)16-13-4-2-3-5-15(13)23-17(20)14(16)10-19/h2-9,16H,20H2,1H3/t16-/m0/s1. The van der Waals surface area contributed by atoms with Gasteiger partial charge in [0, 0.05) is 5.56 Å². The molecule has 0 fully saturated rings. The van der Waals surface area contributed by atoms with Crippen LogP contribution in [0.15, 0.2) is 60.0 Å². The second-order valence-corrected chi connectivity index (χ2v) is 5.08. The Labute approximate surface area is 133 Å². The van der Waals surface area contributed by atoms with Gasteiger partial charge in [-0.15, -0.1) is 0 Å². The Morgan fingerprint density at radius 3 is 2.57 bits per heavy atom. The maximum atomic E-state index is 11.5. The van der Waals surface area contributed by atoms with Crippen molar-refractivity contribution in [2.45, 2.75) is 5.92 Å². The number of allylic oxidation sites excluding steroid dienone is 1. The van der Waals surface area contributed by atoms with Crippen molar-refractivity contribution in [3.63, 3.8) is 0 Å². The Bertz CT molecular complexity index is 832. The van der Waals surface area contributed by atoms with Crippen LogP contribution in [0.1, 0.15) is 27.4 Å². The van der Waals surface area contributed by atoms with E-state index in [4.69, 9.17) is 15.2 Å². The van der Waals surface area contributed by atoms with E-state index in [2.05, 4.69) is 6.07 Å². The molecular formula is C18H14N2O3. The summed E-state index contributed by atoms with van der Waals surface area (Å²) >= 11 is 0. The summed E-state index contributed by atoms with van der Waals surface area (Å²) in [5.41, 5.74) is 8.42. The normalized spacial score (nSPS) is 16.1. The first kappa shape index (κ1) is 14.7. The molecule has 1 heterocycles. The van der Waals surface area contributed by atoms with Gasteiger partial charge in [-0.05, 0) is 23.8 Å². The zero-order valence-electron chi connectivity index (χ0n) is 12.4. The van der Waals surface area contributed by atoms with Gasteiger partial charge in [-0.3, -0.25) is 0 Å². The summed E-state index contributed by atoms with van der Waals surface area (Å²) in [7, 11) is 1.34. The lowest BCUT2D eigenvalue weighted by molar-refractivity contribution is 0.0600. The fourth-order valence-electron chi connectivity index (χ4n) is 2.68. The number of nitrogens with zero attached hydrogens (tertiary/aromatic N) is 1. The van der Waals surface area contributed by atoms with Gasteiger partial charge in [0.05, 0.1) is 18.6 Å². The highest BCUT2D eigenvalue weighted by Gasteiger charge is 2.30. The van der Waals surface area contributed by atoms with Crippen LogP contribution in [0.2, 0.25) is 0 Å². The number of nitriles is 1. The van der Waals surface area contributed by atoms with Gasteiger partial charge in [0.1, 0.15) is 17.4 Å². The van der Waals surface area contributed by atoms with Crippen LogP contribution in [0.3, 0.4) is 0 Å². The fourth-order valence-corrected chi connectivity index (χ4v) is 2.68. The molecule has 0 spiro atoms. The lowest BCUT2D eigenvalue weighted by Gasteiger charge is -2.26. The molecule has 5 nitrogen and oxygen atoms in total. The molecule has 1 aliphatic heterocycles. The third kappa shape index (κ3) is 2.51. The number of carbonyl (C=O) groups is 1. The van der Waals surface area contributed by atoms with Crippen LogP contribution in [0.25, 0.3) is 0 Å². The summed E-state index contributed by atoms with van der Waals surface area (Å²) in [4.78, 5) is 11.5. The second kappa shape index (κ2) is 5.85. The van der Waals surface area contributed by atoms with Crippen molar-refractivity contribution in [3.8, 4) is 11.8 Å². The van der Waals surface area contributed by atoms with Gasteiger partial charge in [0.2, 0.25) is 5.88 Å². The molecule has 2 aromatic rings. The molecule has 0 radical (unpaired) electrons. The number of hydrogen-bond acceptors (Lipinski definition) is 5. The van der Waals surface area contributed by atoms with Crippen molar-refractivity contribution < 1.29 is 14.3 Å². The Hall–Kier alpha value is -3.26. The smallest absolute Gasteiger partial charge is 0.337 e. The molecule has 0 saturated heterocycles. The molecular weight excluding hydrogens is 292 g/mol. The van der Waals surface area contributed by atoms with Crippen LogP contribution >= 0.6 is 0 Å². The predicted octanol–water partition coefficient (Wildman–Crippen LogP) is 2.69. The van der Waals surface area contributed by atoms with E-state index in [-0.39, 0.29) is 11.8 Å². The van der Waals surface area contributed by atoms with Crippen molar-refractivity contribution in [3.05, 3.63) is 76.7 Å². The van der Waals surface area contributed by atoms with E-state index in [0.29, 0.717) is 16.9 Å². The van der Waals surface area contributed by atoms with Crippen LogP contribution < -0.4 is 10.5 Å². The first-order chi connectivity index (χ1) is 11.2. The van der Waals surface area contributed by atoms with Crippen LogP contribution in [0.5, 0.6) is 5.75 Å². The van der Waals surface area contributed by atoms with Crippen molar-refractivity contribution in [1.82, 2.24) is 0 Å². The summed E-state index contributed by atoms with van der Waals surface area (Å²) in [6.45, 7) is 0. The molecule has 2 aromatic carbocycles. The summed E-state index contributed by atoms with van der Waals surface area (Å²) in [6, 6.07) is 16.5. The zero-order chi connectivity index (χ0) is 16.4. The van der Waals surface area contributed by atoms with Crippen LogP contribution in [0, 0.1) is 11.3 Å². The molecule has 3 rings (SSSR count). The molecule has 0 bridgehead atoms. The zero-order valence-corrected chi connectivity index (χ0v) is 12.4. The molecule has 5 heteroatoms. The number of carbonyl (C=O) groups excluding carboxylic acids is 1. The summed E-state index contributed by atoms with van der Waals surface area (Å²) < 4.78 is 10.2. The second-order valence-electron chi connectivity index (χ2n) is 5.08.